The predicted octanol–water partition coefficient (Wildman–Crippen LogP) is 3.97. The van der Waals surface area contributed by atoms with Crippen molar-refractivity contribution in [2.24, 2.45) is 5.73 Å². The predicted molar refractivity (Wildman–Crippen MR) is 86.3 cm³/mol. The molecule has 0 aromatic heterocycles. The molecule has 0 spiro atoms. The number of anilines is 2. The van der Waals surface area contributed by atoms with E-state index in [1.807, 2.05) is 18.2 Å². The molecule has 3 N–H and O–H groups in total. The second-order valence-electron chi connectivity index (χ2n) is 4.01. The van der Waals surface area contributed by atoms with Gasteiger partial charge in [-0.05, 0) is 40.2 Å². The third kappa shape index (κ3) is 3.08. The Kier molecular flexibility index (Phi) is 4.57. The van der Waals surface area contributed by atoms with E-state index < -0.39 is 5.82 Å². The molecule has 0 aliphatic rings. The van der Waals surface area contributed by atoms with Gasteiger partial charge < -0.3 is 15.8 Å². The second-order valence-corrected chi connectivity index (χ2v) is 5.24. The Morgan fingerprint density at radius 1 is 1.35 bits per heavy atom. The van der Waals surface area contributed by atoms with Crippen LogP contribution < -0.4 is 15.8 Å². The van der Waals surface area contributed by atoms with Crippen LogP contribution in [0.3, 0.4) is 0 Å². The third-order valence-electron chi connectivity index (χ3n) is 2.70. The molecule has 6 heteroatoms. The minimum atomic E-state index is -0.446. The van der Waals surface area contributed by atoms with Crippen LogP contribution in [0, 0.1) is 5.82 Å². The number of benzene rings is 2. The zero-order chi connectivity index (χ0) is 14.7. The molecule has 20 heavy (non-hydrogen) atoms. The molecule has 0 heterocycles. The van der Waals surface area contributed by atoms with Crippen LogP contribution in [-0.4, -0.2) is 12.1 Å². The first-order valence-corrected chi connectivity index (χ1v) is 6.92. The Morgan fingerprint density at radius 2 is 2.10 bits per heavy atom. The summed E-state index contributed by atoms with van der Waals surface area (Å²) in [6, 6.07) is 10.5. The lowest BCUT2D eigenvalue weighted by atomic mass is 10.2. The molecule has 0 atom stereocenters. The number of halogens is 2. The first kappa shape index (κ1) is 14.7. The Morgan fingerprint density at radius 3 is 2.75 bits per heavy atom. The van der Waals surface area contributed by atoms with Crippen molar-refractivity contribution in [1.29, 1.82) is 0 Å². The second kappa shape index (κ2) is 6.19. The van der Waals surface area contributed by atoms with Crippen molar-refractivity contribution in [3.05, 3.63) is 52.3 Å². The zero-order valence-electron chi connectivity index (χ0n) is 10.6. The first-order valence-electron chi connectivity index (χ1n) is 5.72. The summed E-state index contributed by atoms with van der Waals surface area (Å²) in [5.74, 6) is 0.243. The molecule has 3 nitrogen and oxygen atoms in total. The summed E-state index contributed by atoms with van der Waals surface area (Å²) in [5.41, 5.74) is 7.03. The van der Waals surface area contributed by atoms with Gasteiger partial charge in [0.05, 0.1) is 17.3 Å². The molecule has 0 aliphatic heterocycles. The standard InChI is InChI=1S/C14H12BrFN2OS/c1-19-9-4-2-3-8(7-9)18-11-6-5-10(14(17)20)12(15)13(11)16/h2-7,18H,1H3,(H2,17,20). The number of hydrogen-bond donors (Lipinski definition) is 2. The van der Waals surface area contributed by atoms with Crippen LogP contribution >= 0.6 is 28.1 Å². The van der Waals surface area contributed by atoms with Gasteiger partial charge in [0.15, 0.2) is 5.82 Å². The van der Waals surface area contributed by atoms with Crippen LogP contribution in [0.2, 0.25) is 0 Å². The monoisotopic (exact) mass is 354 g/mol. The molecule has 2 aromatic rings. The summed E-state index contributed by atoms with van der Waals surface area (Å²) >= 11 is 8.03. The Balaban J connectivity index is 2.34. The number of methoxy groups -OCH3 is 1. The number of ether oxygens (including phenoxy) is 1. The lowest BCUT2D eigenvalue weighted by Gasteiger charge is -2.12. The average Bonchev–Trinajstić information content (AvgIpc) is 2.44. The fourth-order valence-electron chi connectivity index (χ4n) is 1.69. The quantitative estimate of drug-likeness (QED) is 0.815. The van der Waals surface area contributed by atoms with Gasteiger partial charge >= 0.3 is 0 Å². The Bertz CT molecular complexity index is 664. The van der Waals surface area contributed by atoms with Crippen LogP contribution in [-0.2, 0) is 0 Å². The summed E-state index contributed by atoms with van der Waals surface area (Å²) in [5, 5.41) is 2.98. The molecule has 2 rings (SSSR count). The van der Waals surface area contributed by atoms with Gasteiger partial charge in [-0.15, -0.1) is 0 Å². The molecule has 0 saturated carbocycles. The SMILES string of the molecule is COc1cccc(Nc2ccc(C(N)=S)c(Br)c2F)c1. The molecule has 0 amide bonds. The van der Waals surface area contributed by atoms with E-state index in [9.17, 15) is 4.39 Å². The van der Waals surface area contributed by atoms with E-state index in [1.165, 1.54) is 0 Å². The van der Waals surface area contributed by atoms with Crippen LogP contribution in [0.25, 0.3) is 0 Å². The summed E-state index contributed by atoms with van der Waals surface area (Å²) in [4.78, 5) is 0.142. The van der Waals surface area contributed by atoms with Gasteiger partial charge in [-0.1, -0.05) is 18.3 Å². The summed E-state index contributed by atoms with van der Waals surface area (Å²) in [6.07, 6.45) is 0. The fraction of sp³-hybridized carbons (Fsp3) is 0.0714. The molecule has 0 saturated heterocycles. The number of nitrogens with two attached hydrogens (primary N) is 1. The summed E-state index contributed by atoms with van der Waals surface area (Å²) in [7, 11) is 1.58. The van der Waals surface area contributed by atoms with Gasteiger partial charge in [-0.2, -0.15) is 0 Å². The van der Waals surface area contributed by atoms with Crippen molar-refractivity contribution in [2.75, 3.05) is 12.4 Å². The number of nitrogens with one attached hydrogen (secondary N) is 1. The molecular formula is C14H12BrFN2OS. The van der Waals surface area contributed by atoms with Crippen LogP contribution in [0.1, 0.15) is 5.56 Å². The third-order valence-corrected chi connectivity index (χ3v) is 3.69. The van der Waals surface area contributed by atoms with Crippen LogP contribution in [0.5, 0.6) is 5.75 Å². The smallest absolute Gasteiger partial charge is 0.161 e. The minimum absolute atomic E-state index is 0.142. The van der Waals surface area contributed by atoms with Crippen molar-refractivity contribution in [3.8, 4) is 5.75 Å². The van der Waals surface area contributed by atoms with Crippen molar-refractivity contribution >= 4 is 44.5 Å². The molecule has 0 bridgehead atoms. The number of hydrogen-bond acceptors (Lipinski definition) is 3. The van der Waals surface area contributed by atoms with Gasteiger partial charge in [0, 0.05) is 17.3 Å². The van der Waals surface area contributed by atoms with E-state index in [0.717, 1.165) is 5.69 Å². The maximum atomic E-state index is 14.2. The molecule has 0 unspecified atom stereocenters. The molecule has 104 valence electrons. The van der Waals surface area contributed by atoms with E-state index in [0.29, 0.717) is 17.0 Å². The van der Waals surface area contributed by atoms with Gasteiger partial charge in [0.25, 0.3) is 0 Å². The highest BCUT2D eigenvalue weighted by molar-refractivity contribution is 9.10. The highest BCUT2D eigenvalue weighted by Crippen LogP contribution is 2.30. The van der Waals surface area contributed by atoms with E-state index >= 15 is 0 Å². The van der Waals surface area contributed by atoms with Crippen molar-refractivity contribution in [2.45, 2.75) is 0 Å². The number of rotatable bonds is 4. The zero-order valence-corrected chi connectivity index (χ0v) is 13.0. The first-order chi connectivity index (χ1) is 9.52. The van der Waals surface area contributed by atoms with E-state index in [1.54, 1.807) is 25.3 Å². The van der Waals surface area contributed by atoms with E-state index in [2.05, 4.69) is 21.2 Å². The van der Waals surface area contributed by atoms with E-state index in [4.69, 9.17) is 22.7 Å². The minimum Gasteiger partial charge on any atom is -0.497 e. The molecule has 2 aromatic carbocycles. The van der Waals surface area contributed by atoms with Gasteiger partial charge in [0.2, 0.25) is 0 Å². The Hall–Kier alpha value is -1.66. The molecule has 0 fully saturated rings. The topological polar surface area (TPSA) is 47.3 Å². The van der Waals surface area contributed by atoms with Gasteiger partial charge in [0.1, 0.15) is 10.7 Å². The molecule has 0 radical (unpaired) electrons. The van der Waals surface area contributed by atoms with Crippen molar-refractivity contribution < 1.29 is 9.13 Å². The van der Waals surface area contributed by atoms with E-state index in [-0.39, 0.29) is 9.46 Å². The molecular weight excluding hydrogens is 343 g/mol. The number of thiocarbonyl (C=S) groups is 1. The largest absolute Gasteiger partial charge is 0.497 e. The summed E-state index contributed by atoms with van der Waals surface area (Å²) in [6.45, 7) is 0. The van der Waals surface area contributed by atoms with Crippen LogP contribution in [0.4, 0.5) is 15.8 Å². The fourth-order valence-corrected chi connectivity index (χ4v) is 2.55. The van der Waals surface area contributed by atoms with Gasteiger partial charge in [-0.25, -0.2) is 4.39 Å². The highest BCUT2D eigenvalue weighted by Gasteiger charge is 2.13. The summed E-state index contributed by atoms with van der Waals surface area (Å²) < 4.78 is 19.6. The maximum absolute atomic E-state index is 14.2. The van der Waals surface area contributed by atoms with Gasteiger partial charge in [-0.3, -0.25) is 0 Å². The lowest BCUT2D eigenvalue weighted by molar-refractivity contribution is 0.415. The normalized spacial score (nSPS) is 10.2. The molecule has 0 aliphatic carbocycles. The lowest BCUT2D eigenvalue weighted by Crippen LogP contribution is -2.11. The maximum Gasteiger partial charge on any atom is 0.161 e. The Labute approximate surface area is 130 Å². The van der Waals surface area contributed by atoms with Crippen molar-refractivity contribution in [3.63, 3.8) is 0 Å². The van der Waals surface area contributed by atoms with Crippen molar-refractivity contribution in [1.82, 2.24) is 0 Å². The average molecular weight is 355 g/mol. The van der Waals surface area contributed by atoms with Crippen LogP contribution in [0.15, 0.2) is 40.9 Å². The highest BCUT2D eigenvalue weighted by atomic mass is 79.9.